The van der Waals surface area contributed by atoms with Gasteiger partial charge in [-0.05, 0) is 37.3 Å². The highest BCUT2D eigenvalue weighted by Gasteiger charge is 2.19. The third kappa shape index (κ3) is 13.3. The molecule has 0 saturated carbocycles. The average molecular weight is 534 g/mol. The number of aromatic hydroxyl groups is 1. The predicted octanol–water partition coefficient (Wildman–Crippen LogP) is 7.68. The maximum Gasteiger partial charge on any atom is 0.410 e. The molecule has 1 amide bonds. The molecule has 2 aromatic rings. The third-order valence-electron chi connectivity index (χ3n) is 5.68. The molecule has 0 aromatic carbocycles. The second-order valence-electron chi connectivity index (χ2n) is 8.58. The monoisotopic (exact) mass is 533 g/mol. The molecule has 8 heteroatoms. The summed E-state index contributed by atoms with van der Waals surface area (Å²) in [7, 11) is 1.27. The number of furan rings is 1. The summed E-state index contributed by atoms with van der Waals surface area (Å²) < 4.78 is 14.9. The van der Waals surface area contributed by atoms with E-state index in [0.717, 1.165) is 12.2 Å². The Kier molecular flexibility index (Phi) is 18.9. The van der Waals surface area contributed by atoms with Gasteiger partial charge in [-0.1, -0.05) is 66.9 Å². The number of Topliss-reactive ketones (excluding diaryl/α,β-unsaturated/α-hetero) is 1. The number of ketones is 1. The van der Waals surface area contributed by atoms with Crippen molar-refractivity contribution in [2.24, 2.45) is 0 Å². The third-order valence-corrected chi connectivity index (χ3v) is 5.68. The van der Waals surface area contributed by atoms with Gasteiger partial charge in [0.1, 0.15) is 22.8 Å². The van der Waals surface area contributed by atoms with Gasteiger partial charge in [-0.15, -0.1) is 0 Å². The molecule has 1 atom stereocenters. The van der Waals surface area contributed by atoms with E-state index in [4.69, 9.17) is 8.83 Å². The Bertz CT molecular complexity index is 1020. The minimum atomic E-state index is -0.818. The van der Waals surface area contributed by atoms with Gasteiger partial charge in [0.25, 0.3) is 0 Å². The summed E-state index contributed by atoms with van der Waals surface area (Å²) in [5.41, 5.74) is 0.250. The fraction of sp³-hybridized carbons (Fsp3) is 0.567. The summed E-state index contributed by atoms with van der Waals surface area (Å²) in [4.78, 5) is 34.2. The maximum atomic E-state index is 11.8. The van der Waals surface area contributed by atoms with Crippen LogP contribution in [0, 0.1) is 0 Å². The number of hydrogen-bond donors (Lipinski definition) is 2. The Balaban J connectivity index is 0.000000770. The quantitative estimate of drug-likeness (QED) is 0.200. The zero-order chi connectivity index (χ0) is 28.9. The number of rotatable bonds is 13. The van der Waals surface area contributed by atoms with Crippen molar-refractivity contribution in [1.82, 2.24) is 5.32 Å². The Hall–Kier alpha value is -3.29. The van der Waals surface area contributed by atoms with E-state index in [1.807, 2.05) is 27.0 Å². The minimum absolute atomic E-state index is 0.116. The van der Waals surface area contributed by atoms with Gasteiger partial charge in [-0.25, -0.2) is 9.59 Å². The van der Waals surface area contributed by atoms with Gasteiger partial charge in [0.05, 0.1) is 13.4 Å². The van der Waals surface area contributed by atoms with Crippen LogP contribution in [-0.4, -0.2) is 24.1 Å². The van der Waals surface area contributed by atoms with Crippen LogP contribution in [0.15, 0.2) is 44.3 Å². The first-order chi connectivity index (χ1) is 18.3. The van der Waals surface area contributed by atoms with Crippen molar-refractivity contribution in [3.8, 4) is 5.75 Å². The number of carbonyl (C=O) groups is 2. The molecule has 0 aliphatic heterocycles. The molecule has 214 valence electrons. The van der Waals surface area contributed by atoms with E-state index < -0.39 is 17.5 Å². The molecule has 2 heterocycles. The highest BCUT2D eigenvalue weighted by molar-refractivity contribution is 5.97. The number of amides is 1. The van der Waals surface area contributed by atoms with Crippen LogP contribution in [0.3, 0.4) is 0 Å². The first-order valence-corrected chi connectivity index (χ1v) is 13.7. The van der Waals surface area contributed by atoms with Crippen molar-refractivity contribution in [3.63, 3.8) is 0 Å². The van der Waals surface area contributed by atoms with E-state index >= 15 is 0 Å². The van der Waals surface area contributed by atoms with Gasteiger partial charge in [0, 0.05) is 31.0 Å². The number of nitrogens with one attached hydrogen (secondary N) is 1. The molecule has 1 unspecified atom stereocenters. The molecular weight excluding hydrogens is 486 g/mol. The molecule has 0 bridgehead atoms. The summed E-state index contributed by atoms with van der Waals surface area (Å²) in [6.45, 7) is 11.8. The standard InChI is InChI=1S/C16H21NO6.C12H20O.C2H6/c1-4-11(18)14-12(19)9-13(23-15(14)20)10(2)7-5-6-8-17-16(21)22-3;1-3-5-6-7-8-11-9-12(4-2)13-10-11;1-2/h6,8-10,19H,4-5,7H2,1-3H3,(H,17,21);9-10H,3-8H2,1-2H3;1-2H3/b8-6+;;. The lowest BCUT2D eigenvalue weighted by Gasteiger charge is -2.10. The van der Waals surface area contributed by atoms with Crippen LogP contribution >= 0.6 is 0 Å². The number of allylic oxidation sites excluding steroid dienone is 1. The lowest BCUT2D eigenvalue weighted by Crippen LogP contribution is -2.16. The number of aryl methyl sites for hydroxylation is 2. The van der Waals surface area contributed by atoms with Gasteiger partial charge in [0.15, 0.2) is 5.78 Å². The first-order valence-electron chi connectivity index (χ1n) is 13.7. The molecule has 2 N–H and O–H groups in total. The van der Waals surface area contributed by atoms with Gasteiger partial charge in [-0.3, -0.25) is 10.1 Å². The van der Waals surface area contributed by atoms with E-state index in [-0.39, 0.29) is 23.7 Å². The van der Waals surface area contributed by atoms with E-state index in [1.54, 1.807) is 13.0 Å². The molecule has 0 aliphatic carbocycles. The highest BCUT2D eigenvalue weighted by Crippen LogP contribution is 2.25. The second-order valence-corrected chi connectivity index (χ2v) is 8.58. The maximum absolute atomic E-state index is 11.8. The molecule has 2 aromatic heterocycles. The second kappa shape index (κ2) is 20.7. The zero-order valence-corrected chi connectivity index (χ0v) is 24.2. The Morgan fingerprint density at radius 3 is 2.39 bits per heavy atom. The Morgan fingerprint density at radius 1 is 1.13 bits per heavy atom. The lowest BCUT2D eigenvalue weighted by molar-refractivity contribution is 0.0980. The van der Waals surface area contributed by atoms with E-state index in [9.17, 15) is 19.5 Å². The molecule has 0 aliphatic rings. The van der Waals surface area contributed by atoms with Crippen molar-refractivity contribution in [3.05, 3.63) is 63.7 Å². The number of carbonyl (C=O) groups excluding carboxylic acids is 2. The average Bonchev–Trinajstić information content (AvgIpc) is 3.39. The van der Waals surface area contributed by atoms with Crippen LogP contribution in [0.25, 0.3) is 0 Å². The SMILES string of the molecule is CC.CCC(=O)c1c(O)cc(C(C)CC/C=C/NC(=O)OC)oc1=O.CCCCCCc1coc(CC)c1. The summed E-state index contributed by atoms with van der Waals surface area (Å²) >= 11 is 0. The van der Waals surface area contributed by atoms with Crippen molar-refractivity contribution in [2.45, 2.75) is 105 Å². The zero-order valence-electron chi connectivity index (χ0n) is 24.2. The van der Waals surface area contributed by atoms with Gasteiger partial charge in [0.2, 0.25) is 0 Å². The van der Waals surface area contributed by atoms with Gasteiger partial charge >= 0.3 is 11.7 Å². The van der Waals surface area contributed by atoms with Crippen LogP contribution in [0.5, 0.6) is 5.75 Å². The normalized spacial score (nSPS) is 11.1. The van der Waals surface area contributed by atoms with Gasteiger partial charge in [-0.2, -0.15) is 0 Å². The molecule has 0 spiro atoms. The number of hydrogen-bond acceptors (Lipinski definition) is 7. The predicted molar refractivity (Wildman–Crippen MR) is 151 cm³/mol. The largest absolute Gasteiger partial charge is 0.507 e. The smallest absolute Gasteiger partial charge is 0.410 e. The van der Waals surface area contributed by atoms with Crippen LogP contribution in [-0.2, 0) is 17.6 Å². The van der Waals surface area contributed by atoms with Crippen LogP contribution in [0.2, 0.25) is 0 Å². The summed E-state index contributed by atoms with van der Waals surface area (Å²) in [5.74, 6) is 0.493. The summed E-state index contributed by atoms with van der Waals surface area (Å²) in [6.07, 6.45) is 13.4. The number of ether oxygens (including phenoxy) is 1. The molecule has 0 radical (unpaired) electrons. The molecular formula is C30H47NO7. The first kappa shape index (κ1) is 34.7. The Labute approximate surface area is 227 Å². The number of methoxy groups -OCH3 is 1. The van der Waals surface area contributed by atoms with Gasteiger partial charge < -0.3 is 18.7 Å². The topological polar surface area (TPSA) is 119 Å². The van der Waals surface area contributed by atoms with Crippen molar-refractivity contribution >= 4 is 11.9 Å². The Morgan fingerprint density at radius 2 is 1.84 bits per heavy atom. The molecule has 38 heavy (non-hydrogen) atoms. The van der Waals surface area contributed by atoms with Crippen molar-refractivity contribution in [1.29, 1.82) is 0 Å². The highest BCUT2D eigenvalue weighted by atomic mass is 16.5. The van der Waals surface area contributed by atoms with E-state index in [0.29, 0.717) is 18.6 Å². The van der Waals surface area contributed by atoms with Crippen molar-refractivity contribution in [2.75, 3.05) is 7.11 Å². The summed E-state index contributed by atoms with van der Waals surface area (Å²) in [5, 5.41) is 12.3. The molecule has 8 nitrogen and oxygen atoms in total. The lowest BCUT2D eigenvalue weighted by atomic mass is 10.0. The van der Waals surface area contributed by atoms with Crippen molar-refractivity contribution < 1.29 is 28.3 Å². The van der Waals surface area contributed by atoms with E-state index in [2.05, 4.69) is 30.0 Å². The van der Waals surface area contributed by atoms with Crippen LogP contribution in [0.4, 0.5) is 4.79 Å². The van der Waals surface area contributed by atoms with Crippen LogP contribution in [0.1, 0.15) is 120 Å². The molecule has 2 rings (SSSR count). The fourth-order valence-electron chi connectivity index (χ4n) is 3.43. The van der Waals surface area contributed by atoms with Crippen LogP contribution < -0.4 is 10.9 Å². The molecule has 0 saturated heterocycles. The molecule has 0 fully saturated rings. The fourth-order valence-corrected chi connectivity index (χ4v) is 3.43. The minimum Gasteiger partial charge on any atom is -0.507 e. The number of alkyl carbamates (subject to hydrolysis) is 1. The summed E-state index contributed by atoms with van der Waals surface area (Å²) in [6, 6.07) is 3.50. The number of unbranched alkanes of at least 4 members (excludes halogenated alkanes) is 3. The van der Waals surface area contributed by atoms with E-state index in [1.165, 1.54) is 57.0 Å².